The highest BCUT2D eigenvalue weighted by molar-refractivity contribution is 5.27. The first-order chi connectivity index (χ1) is 8.61. The zero-order chi connectivity index (χ0) is 13.5. The SMILES string of the molecule is CCCCC(NCCC)c1ccc(C)c(F)c1F. The van der Waals surface area contributed by atoms with Crippen molar-refractivity contribution in [2.24, 2.45) is 0 Å². The lowest BCUT2D eigenvalue weighted by molar-refractivity contribution is 0.436. The van der Waals surface area contributed by atoms with Crippen molar-refractivity contribution < 1.29 is 8.78 Å². The number of halogens is 2. The molecule has 0 spiro atoms. The maximum absolute atomic E-state index is 14.0. The van der Waals surface area contributed by atoms with Crippen LogP contribution in [0.2, 0.25) is 0 Å². The van der Waals surface area contributed by atoms with Gasteiger partial charge in [0.15, 0.2) is 11.6 Å². The molecule has 0 aliphatic heterocycles. The lowest BCUT2D eigenvalue weighted by Gasteiger charge is -2.20. The standard InChI is InChI=1S/C15H23F2N/c1-4-6-7-13(18-10-5-2)12-9-8-11(3)14(16)15(12)17/h8-9,13,18H,4-7,10H2,1-3H3. The molecule has 0 saturated heterocycles. The Morgan fingerprint density at radius 3 is 2.44 bits per heavy atom. The number of rotatable bonds is 7. The van der Waals surface area contributed by atoms with Crippen LogP contribution in [0.3, 0.4) is 0 Å². The van der Waals surface area contributed by atoms with E-state index in [1.807, 2.05) is 0 Å². The second kappa shape index (κ2) is 7.47. The molecule has 1 rings (SSSR count). The second-order valence-corrected chi connectivity index (χ2v) is 4.75. The van der Waals surface area contributed by atoms with E-state index in [2.05, 4.69) is 19.2 Å². The molecule has 0 amide bonds. The van der Waals surface area contributed by atoms with Crippen LogP contribution in [0.15, 0.2) is 12.1 Å². The van der Waals surface area contributed by atoms with E-state index in [0.717, 1.165) is 32.2 Å². The Balaban J connectivity index is 2.93. The summed E-state index contributed by atoms with van der Waals surface area (Å²) in [5, 5.41) is 3.30. The van der Waals surface area contributed by atoms with E-state index < -0.39 is 11.6 Å². The van der Waals surface area contributed by atoms with Crippen LogP contribution < -0.4 is 5.32 Å². The molecule has 102 valence electrons. The predicted octanol–water partition coefficient (Wildman–Crippen LogP) is 4.50. The maximum Gasteiger partial charge on any atom is 0.163 e. The van der Waals surface area contributed by atoms with Crippen LogP contribution >= 0.6 is 0 Å². The Morgan fingerprint density at radius 1 is 1.11 bits per heavy atom. The zero-order valence-electron chi connectivity index (χ0n) is 11.5. The molecule has 0 heterocycles. The summed E-state index contributed by atoms with van der Waals surface area (Å²) in [7, 11) is 0. The summed E-state index contributed by atoms with van der Waals surface area (Å²) >= 11 is 0. The number of nitrogens with one attached hydrogen (secondary N) is 1. The van der Waals surface area contributed by atoms with Crippen molar-refractivity contribution >= 4 is 0 Å². The van der Waals surface area contributed by atoms with Crippen molar-refractivity contribution in [1.82, 2.24) is 5.32 Å². The largest absolute Gasteiger partial charge is 0.310 e. The molecule has 0 aliphatic rings. The molecule has 18 heavy (non-hydrogen) atoms. The Labute approximate surface area is 109 Å². The van der Waals surface area contributed by atoms with Gasteiger partial charge in [-0.2, -0.15) is 0 Å². The number of unbranched alkanes of at least 4 members (excludes halogenated alkanes) is 1. The minimum absolute atomic E-state index is 0.0833. The molecule has 1 nitrogen and oxygen atoms in total. The summed E-state index contributed by atoms with van der Waals surface area (Å²) in [6, 6.07) is 3.27. The third-order valence-electron chi connectivity index (χ3n) is 3.17. The minimum Gasteiger partial charge on any atom is -0.310 e. The summed E-state index contributed by atoms with van der Waals surface area (Å²) in [6.07, 6.45) is 3.89. The number of benzene rings is 1. The van der Waals surface area contributed by atoms with Crippen molar-refractivity contribution in [3.8, 4) is 0 Å². The molecule has 0 aliphatic carbocycles. The smallest absolute Gasteiger partial charge is 0.163 e. The molecule has 1 unspecified atom stereocenters. The van der Waals surface area contributed by atoms with E-state index in [0.29, 0.717) is 11.1 Å². The predicted molar refractivity (Wildman–Crippen MR) is 71.7 cm³/mol. The van der Waals surface area contributed by atoms with E-state index in [1.165, 1.54) is 0 Å². The maximum atomic E-state index is 14.0. The topological polar surface area (TPSA) is 12.0 Å². The molecular formula is C15H23F2N. The van der Waals surface area contributed by atoms with Crippen molar-refractivity contribution in [3.05, 3.63) is 34.9 Å². The summed E-state index contributed by atoms with van der Waals surface area (Å²) in [4.78, 5) is 0. The summed E-state index contributed by atoms with van der Waals surface area (Å²) in [5.41, 5.74) is 0.820. The fourth-order valence-corrected chi connectivity index (χ4v) is 2.02. The highest BCUT2D eigenvalue weighted by Crippen LogP contribution is 2.25. The van der Waals surface area contributed by atoms with Gasteiger partial charge in [-0.1, -0.05) is 38.8 Å². The molecule has 1 aromatic carbocycles. The third kappa shape index (κ3) is 3.77. The lowest BCUT2D eigenvalue weighted by atomic mass is 9.99. The Kier molecular flexibility index (Phi) is 6.27. The number of hydrogen-bond donors (Lipinski definition) is 1. The van der Waals surface area contributed by atoms with Gasteiger partial charge in [0.2, 0.25) is 0 Å². The molecule has 1 aromatic rings. The Hall–Kier alpha value is -0.960. The van der Waals surface area contributed by atoms with Crippen molar-refractivity contribution in [2.75, 3.05) is 6.54 Å². The van der Waals surface area contributed by atoms with Gasteiger partial charge in [0, 0.05) is 11.6 Å². The molecule has 3 heteroatoms. The van der Waals surface area contributed by atoms with E-state index in [9.17, 15) is 8.78 Å². The molecule has 1 N–H and O–H groups in total. The third-order valence-corrected chi connectivity index (χ3v) is 3.17. The Bertz CT molecular complexity index is 369. The van der Waals surface area contributed by atoms with Gasteiger partial charge in [0.05, 0.1) is 0 Å². The van der Waals surface area contributed by atoms with E-state index in [1.54, 1.807) is 19.1 Å². The van der Waals surface area contributed by atoms with Gasteiger partial charge in [-0.15, -0.1) is 0 Å². The molecule has 0 radical (unpaired) electrons. The summed E-state index contributed by atoms with van der Waals surface area (Å²) < 4.78 is 27.5. The second-order valence-electron chi connectivity index (χ2n) is 4.75. The van der Waals surface area contributed by atoms with Crippen LogP contribution in [0, 0.1) is 18.6 Å². The summed E-state index contributed by atoms with van der Waals surface area (Å²) in [5.74, 6) is -1.41. The number of hydrogen-bond acceptors (Lipinski definition) is 1. The quantitative estimate of drug-likeness (QED) is 0.756. The average Bonchev–Trinajstić information content (AvgIpc) is 2.37. The highest BCUT2D eigenvalue weighted by atomic mass is 19.2. The van der Waals surface area contributed by atoms with Crippen molar-refractivity contribution in [1.29, 1.82) is 0 Å². The first-order valence-electron chi connectivity index (χ1n) is 6.79. The van der Waals surface area contributed by atoms with Gasteiger partial charge in [0.25, 0.3) is 0 Å². The minimum atomic E-state index is -0.715. The fourth-order valence-electron chi connectivity index (χ4n) is 2.02. The number of aryl methyl sites for hydroxylation is 1. The first kappa shape index (κ1) is 15.1. The molecule has 0 bridgehead atoms. The van der Waals surface area contributed by atoms with Gasteiger partial charge in [0.1, 0.15) is 0 Å². The first-order valence-corrected chi connectivity index (χ1v) is 6.79. The van der Waals surface area contributed by atoms with Gasteiger partial charge in [-0.25, -0.2) is 8.78 Å². The lowest BCUT2D eigenvalue weighted by Crippen LogP contribution is -2.23. The molecule has 0 fully saturated rings. The van der Waals surface area contributed by atoms with Gasteiger partial charge < -0.3 is 5.32 Å². The normalized spacial score (nSPS) is 12.7. The van der Waals surface area contributed by atoms with Crippen LogP contribution in [0.5, 0.6) is 0 Å². The van der Waals surface area contributed by atoms with Crippen LogP contribution in [-0.2, 0) is 0 Å². The summed E-state index contributed by atoms with van der Waals surface area (Å²) in [6.45, 7) is 6.57. The van der Waals surface area contributed by atoms with Crippen molar-refractivity contribution in [2.45, 2.75) is 52.5 Å². The van der Waals surface area contributed by atoms with Gasteiger partial charge in [-0.05, 0) is 31.9 Å². The van der Waals surface area contributed by atoms with Crippen LogP contribution in [-0.4, -0.2) is 6.54 Å². The zero-order valence-corrected chi connectivity index (χ0v) is 11.5. The molecule has 1 atom stereocenters. The van der Waals surface area contributed by atoms with Crippen molar-refractivity contribution in [3.63, 3.8) is 0 Å². The molecular weight excluding hydrogens is 232 g/mol. The van der Waals surface area contributed by atoms with E-state index in [4.69, 9.17) is 0 Å². The highest BCUT2D eigenvalue weighted by Gasteiger charge is 2.18. The average molecular weight is 255 g/mol. The molecule has 0 aromatic heterocycles. The van der Waals surface area contributed by atoms with Crippen LogP contribution in [0.4, 0.5) is 8.78 Å². The van der Waals surface area contributed by atoms with Gasteiger partial charge in [-0.3, -0.25) is 0 Å². The fraction of sp³-hybridized carbons (Fsp3) is 0.600. The van der Waals surface area contributed by atoms with E-state index >= 15 is 0 Å². The van der Waals surface area contributed by atoms with Crippen LogP contribution in [0.1, 0.15) is 56.7 Å². The monoisotopic (exact) mass is 255 g/mol. The van der Waals surface area contributed by atoms with E-state index in [-0.39, 0.29) is 6.04 Å². The molecule has 0 saturated carbocycles. The Morgan fingerprint density at radius 2 is 1.83 bits per heavy atom. The van der Waals surface area contributed by atoms with Gasteiger partial charge >= 0.3 is 0 Å². The van der Waals surface area contributed by atoms with Crippen LogP contribution in [0.25, 0.3) is 0 Å².